The first-order valence-electron chi connectivity index (χ1n) is 6.99. The number of hydrogen-bond acceptors (Lipinski definition) is 6. The van der Waals surface area contributed by atoms with Crippen LogP contribution in [0.2, 0.25) is 0 Å². The molecular formula is C15H17BrN4O3. The summed E-state index contributed by atoms with van der Waals surface area (Å²) >= 11 is 3.24. The Bertz CT molecular complexity index is 774. The number of hydrazone groups is 1. The molecule has 1 aromatic heterocycles. The summed E-state index contributed by atoms with van der Waals surface area (Å²) in [5.41, 5.74) is 3.87. The van der Waals surface area contributed by atoms with Crippen molar-refractivity contribution < 1.29 is 9.84 Å². The van der Waals surface area contributed by atoms with Crippen molar-refractivity contribution in [3.63, 3.8) is 0 Å². The molecule has 0 spiro atoms. The lowest BCUT2D eigenvalue weighted by Crippen LogP contribution is -2.11. The minimum absolute atomic E-state index is 0.0240. The summed E-state index contributed by atoms with van der Waals surface area (Å²) in [6.45, 7) is 2.02. The van der Waals surface area contributed by atoms with Crippen LogP contribution in [-0.2, 0) is 6.42 Å². The molecule has 0 aliphatic heterocycles. The molecule has 0 saturated heterocycles. The fourth-order valence-electron chi connectivity index (χ4n) is 1.94. The molecule has 2 rings (SSSR count). The van der Waals surface area contributed by atoms with E-state index in [-0.39, 0.29) is 17.3 Å². The second kappa shape index (κ2) is 7.77. The Morgan fingerprint density at radius 3 is 2.96 bits per heavy atom. The first-order valence-corrected chi connectivity index (χ1v) is 7.78. The van der Waals surface area contributed by atoms with E-state index < -0.39 is 0 Å². The van der Waals surface area contributed by atoms with Crippen LogP contribution in [0, 0.1) is 0 Å². The summed E-state index contributed by atoms with van der Waals surface area (Å²) in [7, 11) is 1.47. The molecule has 0 aliphatic rings. The highest BCUT2D eigenvalue weighted by molar-refractivity contribution is 9.10. The van der Waals surface area contributed by atoms with Crippen molar-refractivity contribution in [1.82, 2.24) is 9.97 Å². The van der Waals surface area contributed by atoms with Crippen molar-refractivity contribution >= 4 is 28.1 Å². The smallest absolute Gasteiger partial charge is 0.252 e. The lowest BCUT2D eigenvalue weighted by Gasteiger charge is -2.06. The van der Waals surface area contributed by atoms with Crippen molar-refractivity contribution in [3.8, 4) is 11.5 Å². The van der Waals surface area contributed by atoms with E-state index in [1.807, 2.05) is 6.92 Å². The second-order valence-corrected chi connectivity index (χ2v) is 5.61. The van der Waals surface area contributed by atoms with Gasteiger partial charge in [-0.25, -0.2) is 10.4 Å². The number of aromatic hydroxyl groups is 1. The number of nitrogens with zero attached hydrogens (tertiary/aromatic N) is 2. The van der Waals surface area contributed by atoms with Crippen LogP contribution in [0.5, 0.6) is 11.5 Å². The summed E-state index contributed by atoms with van der Waals surface area (Å²) < 4.78 is 5.56. The van der Waals surface area contributed by atoms with E-state index in [0.717, 1.165) is 12.8 Å². The molecule has 0 unspecified atom stereocenters. The molecule has 0 saturated carbocycles. The Labute approximate surface area is 141 Å². The Hall–Kier alpha value is -2.35. The van der Waals surface area contributed by atoms with E-state index in [4.69, 9.17) is 4.74 Å². The lowest BCUT2D eigenvalue weighted by atomic mass is 10.2. The highest BCUT2D eigenvalue weighted by Gasteiger charge is 2.07. The number of halogens is 1. The van der Waals surface area contributed by atoms with Crippen LogP contribution in [-0.4, -0.2) is 28.4 Å². The van der Waals surface area contributed by atoms with Gasteiger partial charge in [0.2, 0.25) is 5.95 Å². The van der Waals surface area contributed by atoms with Crippen LogP contribution in [0.4, 0.5) is 5.95 Å². The minimum Gasteiger partial charge on any atom is -0.503 e. The third-order valence-corrected chi connectivity index (χ3v) is 3.56. The minimum atomic E-state index is -0.227. The number of phenolic OH excluding ortho intramolecular Hbond substituents is 1. The summed E-state index contributed by atoms with van der Waals surface area (Å²) in [4.78, 5) is 18.4. The largest absolute Gasteiger partial charge is 0.503 e. The highest BCUT2D eigenvalue weighted by atomic mass is 79.9. The van der Waals surface area contributed by atoms with Gasteiger partial charge >= 0.3 is 0 Å². The van der Waals surface area contributed by atoms with Crippen molar-refractivity contribution in [1.29, 1.82) is 0 Å². The van der Waals surface area contributed by atoms with Gasteiger partial charge in [-0.1, -0.05) is 13.3 Å². The maximum atomic E-state index is 11.5. The van der Waals surface area contributed by atoms with Crippen LogP contribution in [0.1, 0.15) is 24.6 Å². The van der Waals surface area contributed by atoms with Gasteiger partial charge in [0.15, 0.2) is 11.5 Å². The van der Waals surface area contributed by atoms with Crippen LogP contribution in [0.3, 0.4) is 0 Å². The van der Waals surface area contributed by atoms with Crippen LogP contribution < -0.4 is 15.7 Å². The fraction of sp³-hybridized carbons (Fsp3) is 0.267. The number of methoxy groups -OCH3 is 1. The van der Waals surface area contributed by atoms with E-state index in [1.54, 1.807) is 12.1 Å². The molecule has 0 bridgehead atoms. The topological polar surface area (TPSA) is 99.6 Å². The number of ether oxygens (including phenoxy) is 1. The van der Waals surface area contributed by atoms with E-state index in [1.165, 1.54) is 19.4 Å². The number of aromatic amines is 1. The first kappa shape index (κ1) is 17.0. The zero-order valence-electron chi connectivity index (χ0n) is 12.8. The molecule has 1 aromatic carbocycles. The summed E-state index contributed by atoms with van der Waals surface area (Å²) in [5, 5.41) is 13.8. The standard InChI is InChI=1S/C15H17BrN4O3/c1-3-4-10-7-13(21)19-15(18-10)20-17-8-9-5-11(16)14(22)12(6-9)23-2/h5-8,22H,3-4H2,1-2H3,(H2,18,19,20,21)/b17-8+. The Morgan fingerprint density at radius 2 is 2.26 bits per heavy atom. The number of H-pyrrole nitrogens is 1. The van der Waals surface area contributed by atoms with Gasteiger partial charge in [0.25, 0.3) is 5.56 Å². The number of benzene rings is 1. The maximum Gasteiger partial charge on any atom is 0.252 e. The molecule has 23 heavy (non-hydrogen) atoms. The normalized spacial score (nSPS) is 10.9. The average molecular weight is 381 g/mol. The molecule has 8 heteroatoms. The summed E-state index contributed by atoms with van der Waals surface area (Å²) in [6, 6.07) is 4.79. The van der Waals surface area contributed by atoms with Gasteiger partial charge in [-0.15, -0.1) is 0 Å². The number of phenols is 1. The van der Waals surface area contributed by atoms with Gasteiger partial charge in [-0.2, -0.15) is 5.10 Å². The molecule has 1 heterocycles. The molecular weight excluding hydrogens is 364 g/mol. The number of nitrogens with one attached hydrogen (secondary N) is 2. The lowest BCUT2D eigenvalue weighted by molar-refractivity contribution is 0.372. The monoisotopic (exact) mass is 380 g/mol. The van der Waals surface area contributed by atoms with E-state index in [2.05, 4.69) is 36.4 Å². The second-order valence-electron chi connectivity index (χ2n) is 4.76. The number of anilines is 1. The molecule has 0 aliphatic carbocycles. The van der Waals surface area contributed by atoms with Crippen LogP contribution in [0.15, 0.2) is 32.6 Å². The predicted molar refractivity (Wildman–Crippen MR) is 92.4 cm³/mol. The number of aromatic nitrogens is 2. The van der Waals surface area contributed by atoms with Gasteiger partial charge in [0, 0.05) is 11.8 Å². The van der Waals surface area contributed by atoms with Crippen molar-refractivity contribution in [2.75, 3.05) is 12.5 Å². The molecule has 2 aromatic rings. The zero-order chi connectivity index (χ0) is 16.8. The van der Waals surface area contributed by atoms with Crippen molar-refractivity contribution in [3.05, 3.63) is 44.3 Å². The van der Waals surface area contributed by atoms with Gasteiger partial charge in [0.05, 0.1) is 17.8 Å². The Morgan fingerprint density at radius 1 is 1.48 bits per heavy atom. The van der Waals surface area contributed by atoms with E-state index in [9.17, 15) is 9.90 Å². The summed E-state index contributed by atoms with van der Waals surface area (Å²) in [5.74, 6) is 0.634. The van der Waals surface area contributed by atoms with Gasteiger partial charge < -0.3 is 9.84 Å². The van der Waals surface area contributed by atoms with Crippen molar-refractivity contribution in [2.45, 2.75) is 19.8 Å². The van der Waals surface area contributed by atoms with Crippen LogP contribution in [0.25, 0.3) is 0 Å². The quantitative estimate of drug-likeness (QED) is 0.528. The Kier molecular flexibility index (Phi) is 5.75. The van der Waals surface area contributed by atoms with E-state index >= 15 is 0 Å². The molecule has 122 valence electrons. The van der Waals surface area contributed by atoms with Gasteiger partial charge in [0.1, 0.15) is 0 Å². The number of hydrogen-bond donors (Lipinski definition) is 3. The summed E-state index contributed by atoms with van der Waals surface area (Å²) in [6.07, 6.45) is 3.16. The highest BCUT2D eigenvalue weighted by Crippen LogP contribution is 2.34. The molecule has 0 fully saturated rings. The van der Waals surface area contributed by atoms with Crippen molar-refractivity contribution in [2.24, 2.45) is 5.10 Å². The first-order chi connectivity index (χ1) is 11.0. The average Bonchev–Trinajstić information content (AvgIpc) is 2.50. The molecule has 3 N–H and O–H groups in total. The molecule has 0 atom stereocenters. The predicted octanol–water partition coefficient (Wildman–Crippen LogP) is 2.65. The molecule has 7 nitrogen and oxygen atoms in total. The Balaban J connectivity index is 2.16. The number of aryl methyl sites for hydroxylation is 1. The van der Waals surface area contributed by atoms with Gasteiger partial charge in [-0.05, 0) is 40.0 Å². The van der Waals surface area contributed by atoms with Crippen LogP contribution >= 0.6 is 15.9 Å². The van der Waals surface area contributed by atoms with E-state index in [0.29, 0.717) is 21.5 Å². The SMILES string of the molecule is CCCc1cc(=O)[nH]c(N/N=C/c2cc(Br)c(O)c(OC)c2)n1. The third kappa shape index (κ3) is 4.56. The molecule has 0 amide bonds. The van der Waals surface area contributed by atoms with Gasteiger partial charge in [-0.3, -0.25) is 9.78 Å². The fourth-order valence-corrected chi connectivity index (χ4v) is 2.40. The zero-order valence-corrected chi connectivity index (χ0v) is 14.3. The third-order valence-electron chi connectivity index (χ3n) is 2.96. The molecule has 0 radical (unpaired) electrons. The maximum absolute atomic E-state index is 11.5. The number of rotatable bonds is 6.